The fraction of sp³-hybridized carbons (Fsp3) is 0.222. The summed E-state index contributed by atoms with van der Waals surface area (Å²) < 4.78 is 35.1. The maximum absolute atomic E-state index is 13.3. The van der Waals surface area contributed by atoms with Crippen molar-refractivity contribution < 1.29 is 33.2 Å². The Balaban J connectivity index is 1.17. The van der Waals surface area contributed by atoms with Gasteiger partial charge in [0.05, 0.1) is 17.7 Å². The second kappa shape index (κ2) is 8.55. The van der Waals surface area contributed by atoms with Crippen molar-refractivity contribution in [3.8, 4) is 28.7 Å². The highest BCUT2D eigenvalue weighted by Gasteiger charge is 2.34. The fourth-order valence-electron chi connectivity index (χ4n) is 4.86. The number of halogens is 1. The van der Waals surface area contributed by atoms with Crippen molar-refractivity contribution in [2.45, 2.75) is 19.7 Å². The van der Waals surface area contributed by atoms with Crippen LogP contribution in [0.25, 0.3) is 6.08 Å². The van der Waals surface area contributed by atoms with Crippen LogP contribution < -0.4 is 23.7 Å². The number of ketones is 1. The van der Waals surface area contributed by atoms with Gasteiger partial charge in [-0.15, -0.1) is 0 Å². The van der Waals surface area contributed by atoms with Gasteiger partial charge in [0.15, 0.2) is 24.1 Å². The van der Waals surface area contributed by atoms with E-state index in [1.807, 2.05) is 36.4 Å². The number of allylic oxidation sites excluding steroid dienone is 1. The first-order chi connectivity index (χ1) is 17.6. The molecule has 0 spiro atoms. The number of hydrogen-bond acceptors (Lipinski definition) is 8. The summed E-state index contributed by atoms with van der Waals surface area (Å²) in [6.45, 7) is 2.53. The molecule has 4 aliphatic heterocycles. The zero-order chi connectivity index (χ0) is 24.2. The average Bonchev–Trinajstić information content (AvgIpc) is 3.48. The maximum Gasteiger partial charge on any atom is 0.231 e. The molecule has 0 amide bonds. The van der Waals surface area contributed by atoms with Gasteiger partial charge >= 0.3 is 0 Å². The van der Waals surface area contributed by atoms with Crippen molar-refractivity contribution in [2.24, 2.45) is 0 Å². The average molecular weight is 550 g/mol. The summed E-state index contributed by atoms with van der Waals surface area (Å²) in [4.78, 5) is 15.4. The van der Waals surface area contributed by atoms with Crippen molar-refractivity contribution >= 4 is 27.8 Å². The van der Waals surface area contributed by atoms with E-state index in [1.54, 1.807) is 12.1 Å². The number of fused-ring (bicyclic) bond motifs is 5. The van der Waals surface area contributed by atoms with E-state index in [0.717, 1.165) is 44.0 Å². The summed E-state index contributed by atoms with van der Waals surface area (Å²) >= 11 is 3.53. The minimum Gasteiger partial charge on any atom is -0.478 e. The van der Waals surface area contributed by atoms with Crippen molar-refractivity contribution in [1.82, 2.24) is 4.90 Å². The number of rotatable bonds is 3. The number of nitrogens with zero attached hydrogens (tertiary/aromatic N) is 1. The number of Topliss-reactive ketones (excluding diaryl/α,β-unsaturated/α-hetero) is 1. The molecule has 0 radical (unpaired) electrons. The van der Waals surface area contributed by atoms with Crippen LogP contribution in [0.3, 0.4) is 0 Å². The summed E-state index contributed by atoms with van der Waals surface area (Å²) in [5.74, 6) is 3.57. The van der Waals surface area contributed by atoms with Gasteiger partial charge in [0.2, 0.25) is 12.6 Å². The van der Waals surface area contributed by atoms with Crippen LogP contribution in [-0.2, 0) is 24.4 Å². The Morgan fingerprint density at radius 1 is 0.917 bits per heavy atom. The third kappa shape index (κ3) is 3.71. The normalized spacial score (nSPS) is 18.7. The molecule has 7 rings (SSSR count). The molecule has 3 aromatic carbocycles. The lowest BCUT2D eigenvalue weighted by Crippen LogP contribution is -2.31. The predicted octanol–water partition coefficient (Wildman–Crippen LogP) is 5.01. The SMILES string of the molecule is O=C1/C(=C/c2cc(Br)cc3c2OCOC3)Oc2c1ccc1c2CN(Cc2ccc3c(c2)OCO3)CO1. The monoisotopic (exact) mass is 549 g/mol. The molecule has 182 valence electrons. The van der Waals surface area contributed by atoms with Gasteiger partial charge in [0.1, 0.15) is 24.0 Å². The van der Waals surface area contributed by atoms with Crippen LogP contribution >= 0.6 is 15.9 Å². The number of hydrogen-bond donors (Lipinski definition) is 0. The quantitative estimate of drug-likeness (QED) is 0.422. The molecule has 0 bridgehead atoms. The molecule has 0 N–H and O–H groups in total. The molecule has 0 saturated carbocycles. The molecule has 0 unspecified atom stereocenters. The van der Waals surface area contributed by atoms with Gasteiger partial charge in [-0.2, -0.15) is 0 Å². The van der Waals surface area contributed by atoms with E-state index in [9.17, 15) is 4.79 Å². The summed E-state index contributed by atoms with van der Waals surface area (Å²) in [5, 5.41) is 0. The molecule has 0 aromatic heterocycles. The molecule has 0 fully saturated rings. The lowest BCUT2D eigenvalue weighted by atomic mass is 10.0. The lowest BCUT2D eigenvalue weighted by molar-refractivity contribution is -0.0165. The Kier molecular flexibility index (Phi) is 5.16. The number of carbonyl (C=O) groups is 1. The molecule has 36 heavy (non-hydrogen) atoms. The van der Waals surface area contributed by atoms with Gasteiger partial charge in [0.25, 0.3) is 0 Å². The summed E-state index contributed by atoms with van der Waals surface area (Å²) in [7, 11) is 0. The van der Waals surface area contributed by atoms with Gasteiger partial charge in [0, 0.05) is 28.7 Å². The second-order valence-electron chi connectivity index (χ2n) is 8.90. The van der Waals surface area contributed by atoms with E-state index in [-0.39, 0.29) is 25.1 Å². The highest BCUT2D eigenvalue weighted by atomic mass is 79.9. The minimum atomic E-state index is -0.165. The molecule has 4 aliphatic rings. The van der Waals surface area contributed by atoms with Crippen LogP contribution in [-0.4, -0.2) is 31.0 Å². The van der Waals surface area contributed by atoms with Crippen LogP contribution in [0.2, 0.25) is 0 Å². The lowest BCUT2D eigenvalue weighted by Gasteiger charge is -2.29. The largest absolute Gasteiger partial charge is 0.478 e. The smallest absolute Gasteiger partial charge is 0.231 e. The van der Waals surface area contributed by atoms with Gasteiger partial charge in [-0.3, -0.25) is 9.69 Å². The summed E-state index contributed by atoms with van der Waals surface area (Å²) in [6, 6.07) is 13.4. The molecule has 4 heterocycles. The van der Waals surface area contributed by atoms with Crippen LogP contribution in [0.15, 0.2) is 52.7 Å². The molecule has 3 aromatic rings. The Morgan fingerprint density at radius 3 is 2.75 bits per heavy atom. The third-order valence-corrected chi connectivity index (χ3v) is 6.97. The van der Waals surface area contributed by atoms with E-state index >= 15 is 0 Å². The first kappa shape index (κ1) is 21.7. The predicted molar refractivity (Wildman–Crippen MR) is 131 cm³/mol. The number of benzene rings is 3. The van der Waals surface area contributed by atoms with Gasteiger partial charge in [-0.05, 0) is 48.0 Å². The summed E-state index contributed by atoms with van der Waals surface area (Å²) in [5.41, 5.74) is 4.14. The van der Waals surface area contributed by atoms with Crippen molar-refractivity contribution in [3.05, 3.63) is 80.5 Å². The molecule has 0 saturated heterocycles. The molecule has 0 atom stereocenters. The Bertz CT molecular complexity index is 1450. The van der Waals surface area contributed by atoms with E-state index in [2.05, 4.69) is 20.8 Å². The van der Waals surface area contributed by atoms with E-state index < -0.39 is 0 Å². The van der Waals surface area contributed by atoms with Gasteiger partial charge < -0.3 is 28.4 Å². The van der Waals surface area contributed by atoms with Crippen LogP contribution in [0.5, 0.6) is 28.7 Å². The molecule has 8 nitrogen and oxygen atoms in total. The van der Waals surface area contributed by atoms with Crippen LogP contribution in [0.4, 0.5) is 0 Å². The highest BCUT2D eigenvalue weighted by molar-refractivity contribution is 9.10. The highest BCUT2D eigenvalue weighted by Crippen LogP contribution is 2.43. The number of ether oxygens (including phenoxy) is 6. The minimum absolute atomic E-state index is 0.165. The first-order valence-corrected chi connectivity index (χ1v) is 12.3. The Labute approximate surface area is 215 Å². The third-order valence-electron chi connectivity index (χ3n) is 6.52. The maximum atomic E-state index is 13.3. The van der Waals surface area contributed by atoms with Crippen LogP contribution in [0, 0.1) is 0 Å². The van der Waals surface area contributed by atoms with E-state index in [0.29, 0.717) is 43.5 Å². The summed E-state index contributed by atoms with van der Waals surface area (Å²) in [6.07, 6.45) is 1.73. The Hall–Kier alpha value is -3.53. The standard InChI is InChI=1S/C27H20BrNO7/c28-18-6-16(26-17(7-18)11-31-13-35-26)8-24-25(30)19-2-4-21-20(27(19)36-24)10-29(12-32-21)9-15-1-3-22-23(5-15)34-14-33-22/h1-8H,9-14H2/b24-8-. The first-order valence-electron chi connectivity index (χ1n) is 11.5. The van der Waals surface area contributed by atoms with Crippen molar-refractivity contribution in [1.29, 1.82) is 0 Å². The van der Waals surface area contributed by atoms with Crippen molar-refractivity contribution in [2.75, 3.05) is 20.3 Å². The Morgan fingerprint density at radius 2 is 1.81 bits per heavy atom. The number of carbonyl (C=O) groups excluding carboxylic acids is 1. The van der Waals surface area contributed by atoms with Crippen LogP contribution in [0.1, 0.15) is 32.6 Å². The fourth-order valence-corrected chi connectivity index (χ4v) is 5.38. The zero-order valence-corrected chi connectivity index (χ0v) is 20.6. The van der Waals surface area contributed by atoms with E-state index in [4.69, 9.17) is 28.4 Å². The molecular formula is C27H20BrNO7. The molecule has 9 heteroatoms. The topological polar surface area (TPSA) is 75.7 Å². The second-order valence-corrected chi connectivity index (χ2v) is 9.82. The van der Waals surface area contributed by atoms with E-state index in [1.165, 1.54) is 0 Å². The van der Waals surface area contributed by atoms with Crippen molar-refractivity contribution in [3.63, 3.8) is 0 Å². The van der Waals surface area contributed by atoms with Gasteiger partial charge in [-0.25, -0.2) is 0 Å². The molecule has 0 aliphatic carbocycles. The zero-order valence-electron chi connectivity index (χ0n) is 19.0. The van der Waals surface area contributed by atoms with Gasteiger partial charge in [-0.1, -0.05) is 22.0 Å². The molecular weight excluding hydrogens is 530 g/mol.